The van der Waals surface area contributed by atoms with Crippen LogP contribution in [0.15, 0.2) is 0 Å². The van der Waals surface area contributed by atoms with Gasteiger partial charge in [0, 0.05) is 13.2 Å². The Kier molecular flexibility index (Phi) is 12.7. The van der Waals surface area contributed by atoms with Crippen LogP contribution in [0.25, 0.3) is 0 Å². The molecule has 0 amide bonds. The molecule has 0 rings (SSSR count). The molecule has 0 fully saturated rings. The maximum absolute atomic E-state index is 8.38. The summed E-state index contributed by atoms with van der Waals surface area (Å²) in [6, 6.07) is 0. The fourth-order valence-electron chi connectivity index (χ4n) is 0.518. The smallest absolute Gasteiger partial charge is 0.154 e. The van der Waals surface area contributed by atoms with Crippen LogP contribution in [0.2, 0.25) is 0 Å². The minimum atomic E-state index is -0.593. The lowest BCUT2D eigenvalue weighted by molar-refractivity contribution is -0.123. The largest absolute Gasteiger partial charge is 0.391 e. The van der Waals surface area contributed by atoms with Crippen LogP contribution in [0.4, 0.5) is 0 Å². The van der Waals surface area contributed by atoms with E-state index in [-0.39, 0.29) is 6.29 Å². The van der Waals surface area contributed by atoms with Crippen molar-refractivity contribution in [3.8, 4) is 0 Å². The van der Waals surface area contributed by atoms with Gasteiger partial charge in [0.05, 0.1) is 12.2 Å². The quantitative estimate of drug-likeness (QED) is 0.665. The topological polar surface area (TPSA) is 58.9 Å². The third-order valence-corrected chi connectivity index (χ3v) is 1.50. The first kappa shape index (κ1) is 16.3. The molecule has 0 aromatic heterocycles. The van der Waals surface area contributed by atoms with Crippen molar-refractivity contribution in [3.63, 3.8) is 0 Å². The third-order valence-electron chi connectivity index (χ3n) is 1.50. The molecule has 4 heteroatoms. The van der Waals surface area contributed by atoms with E-state index >= 15 is 0 Å². The highest BCUT2D eigenvalue weighted by atomic mass is 16.7. The summed E-state index contributed by atoms with van der Waals surface area (Å²) in [6.07, 6.45) is -1.22. The lowest BCUT2D eigenvalue weighted by atomic mass is 10.3. The van der Waals surface area contributed by atoms with Crippen LogP contribution in [0.1, 0.15) is 34.6 Å². The predicted octanol–water partition coefficient (Wildman–Crippen LogP) is 1.15. The van der Waals surface area contributed by atoms with Gasteiger partial charge in [0.25, 0.3) is 0 Å². The first-order valence-electron chi connectivity index (χ1n) is 5.04. The molecule has 2 atom stereocenters. The molecule has 0 aliphatic heterocycles. The Bertz CT molecular complexity index is 92.3. The Morgan fingerprint density at radius 2 is 1.14 bits per heavy atom. The highest BCUT2D eigenvalue weighted by Crippen LogP contribution is 1.90. The molecule has 0 aromatic carbocycles. The van der Waals surface area contributed by atoms with Crippen molar-refractivity contribution >= 4 is 0 Å². The van der Waals surface area contributed by atoms with Gasteiger partial charge >= 0.3 is 0 Å². The zero-order valence-electron chi connectivity index (χ0n) is 9.86. The van der Waals surface area contributed by atoms with E-state index in [0.717, 1.165) is 13.2 Å². The van der Waals surface area contributed by atoms with Gasteiger partial charge in [-0.05, 0) is 34.6 Å². The minimum Gasteiger partial charge on any atom is -0.391 e. The van der Waals surface area contributed by atoms with Crippen LogP contribution in [0.3, 0.4) is 0 Å². The molecule has 0 aliphatic carbocycles. The fourth-order valence-corrected chi connectivity index (χ4v) is 0.518. The maximum Gasteiger partial charge on any atom is 0.154 e. The molecule has 0 saturated heterocycles. The van der Waals surface area contributed by atoms with E-state index in [1.165, 1.54) is 0 Å². The zero-order chi connectivity index (χ0) is 11.6. The molecule has 0 aromatic rings. The molecule has 4 nitrogen and oxygen atoms in total. The third kappa shape index (κ3) is 14.4. The molecule has 14 heavy (non-hydrogen) atoms. The average molecular weight is 208 g/mol. The van der Waals surface area contributed by atoms with Crippen molar-refractivity contribution in [1.29, 1.82) is 0 Å². The number of aliphatic hydroxyl groups excluding tert-OH is 2. The highest BCUT2D eigenvalue weighted by Gasteiger charge is 1.99. The van der Waals surface area contributed by atoms with E-state index in [9.17, 15) is 0 Å². The van der Waals surface area contributed by atoms with E-state index in [2.05, 4.69) is 0 Å². The van der Waals surface area contributed by atoms with Gasteiger partial charge in [-0.3, -0.25) is 0 Å². The summed E-state index contributed by atoms with van der Waals surface area (Å²) in [7, 11) is 0. The van der Waals surface area contributed by atoms with Gasteiger partial charge in [-0.25, -0.2) is 0 Å². The van der Waals surface area contributed by atoms with Crippen molar-refractivity contribution in [3.05, 3.63) is 0 Å². The second-order valence-corrected chi connectivity index (χ2v) is 2.96. The lowest BCUT2D eigenvalue weighted by Gasteiger charge is -2.09. The molecule has 0 radical (unpaired) electrons. The van der Waals surface area contributed by atoms with Gasteiger partial charge in [0.2, 0.25) is 0 Å². The van der Waals surface area contributed by atoms with Gasteiger partial charge in [-0.15, -0.1) is 0 Å². The minimum absolute atomic E-state index is 0.0370. The molecule has 0 saturated carbocycles. The van der Waals surface area contributed by atoms with Crippen molar-refractivity contribution in [2.24, 2.45) is 0 Å². The molecule has 0 bridgehead atoms. The summed E-state index contributed by atoms with van der Waals surface area (Å²) in [6.45, 7) is 10.3. The fraction of sp³-hybridized carbons (Fsp3) is 1.00. The molecule has 0 spiro atoms. The molecular weight excluding hydrogens is 184 g/mol. The van der Waals surface area contributed by atoms with Crippen molar-refractivity contribution in [2.75, 3.05) is 13.2 Å². The summed E-state index contributed by atoms with van der Waals surface area (Å²) in [5.74, 6) is 0. The summed E-state index contributed by atoms with van der Waals surface area (Å²) in [5.41, 5.74) is 0. The maximum atomic E-state index is 8.38. The van der Waals surface area contributed by atoms with Crippen LogP contribution in [0, 0.1) is 0 Å². The zero-order valence-corrected chi connectivity index (χ0v) is 9.86. The number of rotatable bonds is 5. The van der Waals surface area contributed by atoms with Crippen molar-refractivity contribution in [2.45, 2.75) is 53.1 Å². The molecule has 2 unspecified atom stereocenters. The Balaban J connectivity index is 0. The molecule has 88 valence electrons. The number of hydrogen-bond donors (Lipinski definition) is 2. The Hall–Kier alpha value is -0.160. The first-order valence-corrected chi connectivity index (χ1v) is 5.04. The van der Waals surface area contributed by atoms with Crippen molar-refractivity contribution in [1.82, 2.24) is 0 Å². The normalized spacial score (nSPS) is 14.6. The molecule has 0 aliphatic rings. The van der Waals surface area contributed by atoms with E-state index in [1.807, 2.05) is 20.8 Å². The lowest BCUT2D eigenvalue weighted by Crippen LogP contribution is -2.17. The summed E-state index contributed by atoms with van der Waals surface area (Å²) >= 11 is 0. The van der Waals surface area contributed by atoms with Crippen LogP contribution in [-0.4, -0.2) is 41.9 Å². The van der Waals surface area contributed by atoms with Gasteiger partial charge < -0.3 is 19.7 Å². The van der Waals surface area contributed by atoms with E-state index in [1.54, 1.807) is 13.8 Å². The second kappa shape index (κ2) is 10.9. The number of aliphatic hydroxyl groups is 2. The molecule has 0 heterocycles. The monoisotopic (exact) mass is 208 g/mol. The van der Waals surface area contributed by atoms with Crippen molar-refractivity contribution < 1.29 is 19.7 Å². The van der Waals surface area contributed by atoms with Gasteiger partial charge in [-0.2, -0.15) is 0 Å². The summed E-state index contributed by atoms with van der Waals surface area (Å²) in [4.78, 5) is 0. The van der Waals surface area contributed by atoms with E-state index < -0.39 is 12.2 Å². The SMILES string of the molecule is CC(O)C(C)O.CCOC(C)OCC. The standard InChI is InChI=1S/C6H14O2.C4H10O2/c1-4-7-6(3)8-5-2;1-3(5)4(2)6/h6H,4-5H2,1-3H3;3-6H,1-2H3. The first-order chi connectivity index (χ1) is 6.45. The van der Waals surface area contributed by atoms with Crippen LogP contribution >= 0.6 is 0 Å². The Morgan fingerprint density at radius 1 is 0.857 bits per heavy atom. The van der Waals surface area contributed by atoms with Crippen LogP contribution in [-0.2, 0) is 9.47 Å². The molecule has 2 N–H and O–H groups in total. The molecular formula is C10H24O4. The van der Waals surface area contributed by atoms with Gasteiger partial charge in [0.15, 0.2) is 6.29 Å². The number of hydrogen-bond acceptors (Lipinski definition) is 4. The van der Waals surface area contributed by atoms with E-state index in [4.69, 9.17) is 19.7 Å². The highest BCUT2D eigenvalue weighted by molar-refractivity contribution is 4.50. The Morgan fingerprint density at radius 3 is 1.29 bits per heavy atom. The summed E-state index contributed by atoms with van der Waals surface area (Å²) < 4.78 is 10.1. The van der Waals surface area contributed by atoms with Gasteiger partial charge in [0.1, 0.15) is 0 Å². The van der Waals surface area contributed by atoms with E-state index in [0.29, 0.717) is 0 Å². The predicted molar refractivity (Wildman–Crippen MR) is 56.1 cm³/mol. The average Bonchev–Trinajstić information content (AvgIpc) is 2.06. The summed E-state index contributed by atoms with van der Waals surface area (Å²) in [5, 5.41) is 16.8. The van der Waals surface area contributed by atoms with Gasteiger partial charge in [-0.1, -0.05) is 0 Å². The van der Waals surface area contributed by atoms with Crippen LogP contribution in [0.5, 0.6) is 0 Å². The van der Waals surface area contributed by atoms with Crippen LogP contribution < -0.4 is 0 Å². The Labute approximate surface area is 86.8 Å². The second-order valence-electron chi connectivity index (χ2n) is 2.96. The number of ether oxygens (including phenoxy) is 2.